The molecule has 0 aromatic carbocycles. The minimum absolute atomic E-state index is 2.25. The maximum Gasteiger partial charge on any atom is 0.460 e. The van der Waals surface area contributed by atoms with E-state index in [0.717, 1.165) is 0 Å². The summed E-state index contributed by atoms with van der Waals surface area (Å²) in [5.74, 6) is -59.9. The van der Waals surface area contributed by atoms with Crippen LogP contribution in [0.15, 0.2) is 0 Å². The van der Waals surface area contributed by atoms with Gasteiger partial charge in [-0.25, -0.2) is 0 Å². The van der Waals surface area contributed by atoms with E-state index in [9.17, 15) is 96.6 Å². The molecule has 0 unspecified atom stereocenters. The maximum atomic E-state index is 13.3. The van der Waals surface area contributed by atoms with Crippen molar-refractivity contribution in [2.24, 2.45) is 0 Å². The third-order valence-electron chi connectivity index (χ3n) is 4.44. The second kappa shape index (κ2) is 9.04. The normalized spacial score (nSPS) is 16.5. The highest BCUT2D eigenvalue weighted by molar-refractivity contribution is 5.07. The van der Waals surface area contributed by atoms with Crippen LogP contribution in [0.2, 0.25) is 0 Å². The smallest absolute Gasteiger partial charge is 0.200 e. The van der Waals surface area contributed by atoms with Crippen LogP contribution in [0.25, 0.3) is 0 Å². The van der Waals surface area contributed by atoms with Crippen LogP contribution in [0.1, 0.15) is 25.7 Å². The molecular formula is C14H8F22. The molecule has 0 radical (unpaired) electrons. The number of hydrogen-bond donors (Lipinski definition) is 0. The Labute approximate surface area is 183 Å². The van der Waals surface area contributed by atoms with Crippen LogP contribution in [-0.4, -0.2) is 59.7 Å². The molecule has 0 rings (SSSR count). The summed E-state index contributed by atoms with van der Waals surface area (Å²) in [6.07, 6.45) is -25.7. The summed E-state index contributed by atoms with van der Waals surface area (Å²) in [7, 11) is 0. The van der Waals surface area contributed by atoms with Crippen molar-refractivity contribution < 1.29 is 96.6 Å². The largest absolute Gasteiger partial charge is 0.460 e. The fourth-order valence-electron chi connectivity index (χ4n) is 2.22. The summed E-state index contributed by atoms with van der Waals surface area (Å²) in [6, 6.07) is 0. The summed E-state index contributed by atoms with van der Waals surface area (Å²) in [5.41, 5.74) is 0. The lowest BCUT2D eigenvalue weighted by Crippen LogP contribution is -2.66. The molecule has 0 aliphatic carbocycles. The van der Waals surface area contributed by atoms with Gasteiger partial charge in [-0.15, -0.1) is 0 Å². The topological polar surface area (TPSA) is 0 Å². The molecule has 0 heterocycles. The number of alkyl halides is 22. The lowest BCUT2D eigenvalue weighted by molar-refractivity contribution is -0.423. The van der Waals surface area contributed by atoms with Crippen LogP contribution in [0.5, 0.6) is 0 Å². The van der Waals surface area contributed by atoms with Gasteiger partial charge in [0.05, 0.1) is 0 Å². The van der Waals surface area contributed by atoms with Gasteiger partial charge >= 0.3 is 59.7 Å². The lowest BCUT2D eigenvalue weighted by Gasteiger charge is -2.38. The Hall–Kier alpha value is -1.54. The SMILES string of the molecule is FC(F)(F)C(F)(F)C(F)(F)C(F)(F)C(F)(F)CCCCC(F)(F)C(F)(F)C(F)(F)C(F)(F)C(F)(F)F. The molecule has 0 bridgehead atoms. The lowest BCUT2D eigenvalue weighted by atomic mass is 9.92. The first kappa shape index (κ1) is 34.5. The van der Waals surface area contributed by atoms with Crippen LogP contribution in [0, 0.1) is 0 Å². The van der Waals surface area contributed by atoms with E-state index < -0.39 is 85.4 Å². The highest BCUT2D eigenvalue weighted by Crippen LogP contribution is 2.60. The maximum absolute atomic E-state index is 13.3. The summed E-state index contributed by atoms with van der Waals surface area (Å²) in [5, 5.41) is 0. The second-order valence-corrected chi connectivity index (χ2v) is 7.06. The molecule has 0 aliphatic rings. The molecular weight excluding hydrogens is 586 g/mol. The first-order valence-electron chi connectivity index (χ1n) is 8.36. The molecule has 0 spiro atoms. The van der Waals surface area contributed by atoms with E-state index >= 15 is 0 Å². The predicted octanol–water partition coefficient (Wildman–Crippen LogP) is 8.75. The Morgan fingerprint density at radius 3 is 0.611 bits per heavy atom. The monoisotopic (exact) mass is 594 g/mol. The minimum atomic E-state index is -7.90. The van der Waals surface area contributed by atoms with Crippen molar-refractivity contribution in [2.75, 3.05) is 0 Å². The van der Waals surface area contributed by atoms with Crippen molar-refractivity contribution in [3.8, 4) is 0 Å². The molecule has 218 valence electrons. The Balaban J connectivity index is 5.70. The van der Waals surface area contributed by atoms with Crippen molar-refractivity contribution in [3.63, 3.8) is 0 Å². The highest BCUT2D eigenvalue weighted by atomic mass is 19.4. The van der Waals surface area contributed by atoms with Gasteiger partial charge in [-0.1, -0.05) is 0 Å². The van der Waals surface area contributed by atoms with Gasteiger partial charge in [0.15, 0.2) is 0 Å². The number of unbranched alkanes of at least 4 members (excludes halogenated alkanes) is 1. The van der Waals surface area contributed by atoms with Crippen molar-refractivity contribution in [1.82, 2.24) is 0 Å². The van der Waals surface area contributed by atoms with Gasteiger partial charge in [-0.2, -0.15) is 96.6 Å². The summed E-state index contributed by atoms with van der Waals surface area (Å²) >= 11 is 0. The number of rotatable bonds is 11. The van der Waals surface area contributed by atoms with Gasteiger partial charge in [-0.3, -0.25) is 0 Å². The molecule has 22 heteroatoms. The molecule has 0 aliphatic heterocycles. The van der Waals surface area contributed by atoms with E-state index in [0.29, 0.717) is 0 Å². The molecule has 0 aromatic heterocycles. The highest BCUT2D eigenvalue weighted by Gasteiger charge is 2.88. The predicted molar refractivity (Wildman–Crippen MR) is 70.2 cm³/mol. The molecule has 0 nitrogen and oxygen atoms in total. The zero-order valence-corrected chi connectivity index (χ0v) is 16.1. The minimum Gasteiger partial charge on any atom is -0.200 e. The van der Waals surface area contributed by atoms with Gasteiger partial charge in [-0.05, 0) is 12.8 Å². The third kappa shape index (κ3) is 5.09. The Bertz CT molecular complexity index is 688. The second-order valence-electron chi connectivity index (χ2n) is 7.06. The summed E-state index contributed by atoms with van der Waals surface area (Å²) in [6.45, 7) is 0. The number of hydrogen-bond acceptors (Lipinski definition) is 0. The van der Waals surface area contributed by atoms with E-state index in [1.807, 2.05) is 0 Å². The van der Waals surface area contributed by atoms with Crippen molar-refractivity contribution in [3.05, 3.63) is 0 Å². The van der Waals surface area contributed by atoms with Gasteiger partial charge < -0.3 is 0 Å². The van der Waals surface area contributed by atoms with Crippen molar-refractivity contribution in [1.29, 1.82) is 0 Å². The summed E-state index contributed by atoms with van der Waals surface area (Å²) < 4.78 is 280. The molecule has 0 aromatic rings. The number of halogens is 22. The van der Waals surface area contributed by atoms with Crippen LogP contribution < -0.4 is 0 Å². The van der Waals surface area contributed by atoms with Crippen LogP contribution >= 0.6 is 0 Å². The van der Waals surface area contributed by atoms with E-state index in [2.05, 4.69) is 0 Å². The van der Waals surface area contributed by atoms with Gasteiger partial charge in [0.1, 0.15) is 0 Å². The molecule has 0 saturated carbocycles. The first-order chi connectivity index (χ1) is 15.2. The summed E-state index contributed by atoms with van der Waals surface area (Å²) in [4.78, 5) is 0. The zero-order valence-electron chi connectivity index (χ0n) is 16.1. The molecule has 36 heavy (non-hydrogen) atoms. The molecule has 0 N–H and O–H groups in total. The quantitative estimate of drug-likeness (QED) is 0.166. The van der Waals surface area contributed by atoms with E-state index in [1.165, 1.54) is 0 Å². The molecule has 0 saturated heterocycles. The average Bonchev–Trinajstić information content (AvgIpc) is 2.62. The fourth-order valence-corrected chi connectivity index (χ4v) is 2.22. The molecule has 0 amide bonds. The Morgan fingerprint density at radius 2 is 0.444 bits per heavy atom. The van der Waals surface area contributed by atoms with Gasteiger partial charge in [0.2, 0.25) is 0 Å². The Kier molecular flexibility index (Phi) is 8.65. The van der Waals surface area contributed by atoms with E-state index in [-0.39, 0.29) is 0 Å². The van der Waals surface area contributed by atoms with Crippen LogP contribution in [0.4, 0.5) is 96.6 Å². The van der Waals surface area contributed by atoms with Crippen LogP contribution in [0.3, 0.4) is 0 Å². The zero-order chi connectivity index (χ0) is 29.8. The van der Waals surface area contributed by atoms with Crippen LogP contribution in [-0.2, 0) is 0 Å². The van der Waals surface area contributed by atoms with Crippen molar-refractivity contribution in [2.45, 2.75) is 85.4 Å². The van der Waals surface area contributed by atoms with Gasteiger partial charge in [0, 0.05) is 12.8 Å². The third-order valence-corrected chi connectivity index (χ3v) is 4.44. The fraction of sp³-hybridized carbons (Fsp3) is 1.00. The first-order valence-corrected chi connectivity index (χ1v) is 8.36. The standard InChI is InChI=1S/C14H8F22/c15-5(16,7(19,20)9(23,24)11(27,28)13(31,32)33)3-1-2-4-6(17,18)8(21,22)10(25,26)12(29,30)14(34,35)36/h1-4H2. The molecule has 0 fully saturated rings. The average molecular weight is 594 g/mol. The Morgan fingerprint density at radius 1 is 0.250 bits per heavy atom. The van der Waals surface area contributed by atoms with Crippen molar-refractivity contribution >= 4 is 0 Å². The van der Waals surface area contributed by atoms with E-state index in [4.69, 9.17) is 0 Å². The van der Waals surface area contributed by atoms with Gasteiger partial charge in [0.25, 0.3) is 0 Å². The van der Waals surface area contributed by atoms with E-state index in [1.54, 1.807) is 0 Å². The molecule has 0 atom stereocenters.